The number of rotatable bonds is 2. The smallest absolute Gasteiger partial charge is 0.0616 e. The Labute approximate surface area is 57.6 Å². The van der Waals surface area contributed by atoms with Gasteiger partial charge >= 0.3 is 0 Å². The van der Waals surface area contributed by atoms with E-state index in [1.165, 1.54) is 13.0 Å². The molecule has 0 aromatic heterocycles. The zero-order chi connectivity index (χ0) is 7.11. The molecule has 0 bridgehead atoms. The van der Waals surface area contributed by atoms with Crippen LogP contribution in [-0.4, -0.2) is 26.3 Å². The molecule has 0 aliphatic carbocycles. The van der Waals surface area contributed by atoms with Crippen molar-refractivity contribution in [2.45, 2.75) is 26.3 Å². The number of ether oxygens (including phenoxy) is 1. The first-order valence-corrected chi connectivity index (χ1v) is 3.66. The molecule has 2 nitrogen and oxygen atoms in total. The summed E-state index contributed by atoms with van der Waals surface area (Å²) in [6, 6.07) is 0.657. The molecule has 56 valence electrons. The minimum absolute atomic E-state index is 0.657. The lowest BCUT2D eigenvalue weighted by Crippen LogP contribution is -2.45. The van der Waals surface area contributed by atoms with E-state index in [0.29, 0.717) is 6.04 Å². The maximum Gasteiger partial charge on any atom is 0.0616 e. The van der Waals surface area contributed by atoms with Crippen LogP contribution in [0, 0.1) is 0 Å². The topological polar surface area (TPSA) is 21.3 Å². The molecule has 1 unspecified atom stereocenters. The molecular weight excluding hydrogens is 114 g/mol. The highest BCUT2D eigenvalue weighted by Crippen LogP contribution is 1.99. The van der Waals surface area contributed by atoms with Crippen molar-refractivity contribution in [1.29, 1.82) is 0 Å². The second-order valence-electron chi connectivity index (χ2n) is 1.90. The van der Waals surface area contributed by atoms with Crippen LogP contribution in [0.25, 0.3) is 0 Å². The van der Waals surface area contributed by atoms with Crippen molar-refractivity contribution in [2.24, 2.45) is 0 Å². The number of nitrogens with one attached hydrogen (secondary N) is 1. The van der Waals surface area contributed by atoms with Crippen molar-refractivity contribution in [2.75, 3.05) is 20.3 Å². The number of hydrogen-bond acceptors (Lipinski definition) is 2. The molecule has 1 aliphatic heterocycles. The van der Waals surface area contributed by atoms with Crippen molar-refractivity contribution < 1.29 is 4.74 Å². The van der Waals surface area contributed by atoms with Gasteiger partial charge in [-0.2, -0.15) is 0 Å². The van der Waals surface area contributed by atoms with Crippen LogP contribution in [0.15, 0.2) is 0 Å². The van der Waals surface area contributed by atoms with Crippen LogP contribution in [0.5, 0.6) is 0 Å². The van der Waals surface area contributed by atoms with Crippen molar-refractivity contribution in [3.8, 4) is 0 Å². The fraction of sp³-hybridized carbons (Fsp3) is 1.00. The van der Waals surface area contributed by atoms with Gasteiger partial charge in [-0.05, 0) is 13.0 Å². The summed E-state index contributed by atoms with van der Waals surface area (Å²) in [5.41, 5.74) is 0. The summed E-state index contributed by atoms with van der Waals surface area (Å²) in [5.74, 6) is 0. The van der Waals surface area contributed by atoms with E-state index in [4.69, 9.17) is 4.74 Å². The Balaban J connectivity index is 0.000000291. The van der Waals surface area contributed by atoms with Gasteiger partial charge in [-0.15, -0.1) is 0 Å². The van der Waals surface area contributed by atoms with E-state index < -0.39 is 0 Å². The molecule has 1 aliphatic rings. The highest BCUT2D eigenvalue weighted by atomic mass is 16.5. The summed E-state index contributed by atoms with van der Waals surface area (Å²) in [5, 5.41) is 3.22. The zero-order valence-electron chi connectivity index (χ0n) is 6.61. The van der Waals surface area contributed by atoms with Gasteiger partial charge in [0, 0.05) is 13.2 Å². The largest absolute Gasteiger partial charge is 0.383 e. The lowest BCUT2D eigenvalue weighted by molar-refractivity contribution is 0.139. The molecule has 0 spiro atoms. The first kappa shape index (κ1) is 8.92. The van der Waals surface area contributed by atoms with Crippen LogP contribution in [-0.2, 0) is 4.74 Å². The normalized spacial score (nSPS) is 23.7. The van der Waals surface area contributed by atoms with Gasteiger partial charge in [0.2, 0.25) is 0 Å². The second-order valence-corrected chi connectivity index (χ2v) is 1.90. The molecule has 0 radical (unpaired) electrons. The molecule has 1 N–H and O–H groups in total. The van der Waals surface area contributed by atoms with Gasteiger partial charge in [0.1, 0.15) is 0 Å². The molecular formula is C7H17NO. The lowest BCUT2D eigenvalue weighted by Gasteiger charge is -2.26. The fourth-order valence-electron chi connectivity index (χ4n) is 0.692. The molecule has 1 rings (SSSR count). The van der Waals surface area contributed by atoms with Crippen molar-refractivity contribution in [1.82, 2.24) is 5.32 Å². The number of methoxy groups -OCH3 is 1. The Hall–Kier alpha value is -0.0800. The molecule has 0 amide bonds. The van der Waals surface area contributed by atoms with Crippen molar-refractivity contribution in [3.05, 3.63) is 0 Å². The van der Waals surface area contributed by atoms with Gasteiger partial charge in [-0.25, -0.2) is 0 Å². The summed E-state index contributed by atoms with van der Waals surface area (Å²) in [7, 11) is 1.74. The third-order valence-corrected chi connectivity index (χ3v) is 1.29. The average molecular weight is 131 g/mol. The van der Waals surface area contributed by atoms with Crippen LogP contribution in [0.3, 0.4) is 0 Å². The maximum atomic E-state index is 4.88. The van der Waals surface area contributed by atoms with E-state index >= 15 is 0 Å². The first-order valence-electron chi connectivity index (χ1n) is 3.66. The monoisotopic (exact) mass is 131 g/mol. The minimum atomic E-state index is 0.657. The molecule has 0 saturated carbocycles. The SMILES string of the molecule is CC.COCC1CCN1. The van der Waals surface area contributed by atoms with Crippen molar-refractivity contribution >= 4 is 0 Å². The third kappa shape index (κ3) is 3.49. The quantitative estimate of drug-likeness (QED) is 0.604. The van der Waals surface area contributed by atoms with E-state index in [-0.39, 0.29) is 0 Å². The Bertz CT molecular complexity index is 52.9. The standard InChI is InChI=1S/C5H11NO.C2H6/c1-7-4-5-2-3-6-5;1-2/h5-6H,2-4H2,1H3;1-2H3. The zero-order valence-corrected chi connectivity index (χ0v) is 6.61. The summed E-state index contributed by atoms with van der Waals surface area (Å²) in [6.45, 7) is 6.05. The first-order chi connectivity index (χ1) is 4.43. The van der Waals surface area contributed by atoms with Gasteiger partial charge in [0.15, 0.2) is 0 Å². The summed E-state index contributed by atoms with van der Waals surface area (Å²) in [6.07, 6.45) is 1.29. The average Bonchev–Trinajstić information content (AvgIpc) is 1.84. The minimum Gasteiger partial charge on any atom is -0.383 e. The summed E-state index contributed by atoms with van der Waals surface area (Å²) < 4.78 is 4.88. The molecule has 9 heavy (non-hydrogen) atoms. The molecule has 0 aromatic carbocycles. The Morgan fingerprint density at radius 1 is 1.56 bits per heavy atom. The van der Waals surface area contributed by atoms with Crippen LogP contribution in [0.1, 0.15) is 20.3 Å². The van der Waals surface area contributed by atoms with Crippen LogP contribution < -0.4 is 5.32 Å². The Kier molecular flexibility index (Phi) is 5.99. The molecule has 0 aromatic rings. The Morgan fingerprint density at radius 3 is 2.22 bits per heavy atom. The van der Waals surface area contributed by atoms with E-state index in [0.717, 1.165) is 6.61 Å². The van der Waals surface area contributed by atoms with Gasteiger partial charge in [0.25, 0.3) is 0 Å². The maximum absolute atomic E-state index is 4.88. The molecule has 1 heterocycles. The third-order valence-electron chi connectivity index (χ3n) is 1.29. The molecule has 1 fully saturated rings. The van der Waals surface area contributed by atoms with Crippen LogP contribution >= 0.6 is 0 Å². The fourth-order valence-corrected chi connectivity index (χ4v) is 0.692. The predicted molar refractivity (Wildman–Crippen MR) is 39.6 cm³/mol. The number of hydrogen-bond donors (Lipinski definition) is 1. The van der Waals surface area contributed by atoms with Gasteiger partial charge < -0.3 is 10.1 Å². The molecule has 1 saturated heterocycles. The van der Waals surface area contributed by atoms with E-state index in [2.05, 4.69) is 5.32 Å². The predicted octanol–water partition coefficient (Wildman–Crippen LogP) is 1.02. The summed E-state index contributed by atoms with van der Waals surface area (Å²) in [4.78, 5) is 0. The molecule has 2 heteroatoms. The van der Waals surface area contributed by atoms with E-state index in [1.807, 2.05) is 13.8 Å². The van der Waals surface area contributed by atoms with Gasteiger partial charge in [-0.3, -0.25) is 0 Å². The second kappa shape index (κ2) is 6.05. The lowest BCUT2D eigenvalue weighted by atomic mass is 10.1. The highest BCUT2D eigenvalue weighted by Gasteiger charge is 2.14. The van der Waals surface area contributed by atoms with Crippen LogP contribution in [0.2, 0.25) is 0 Å². The van der Waals surface area contributed by atoms with Crippen LogP contribution in [0.4, 0.5) is 0 Å². The van der Waals surface area contributed by atoms with Crippen molar-refractivity contribution in [3.63, 3.8) is 0 Å². The van der Waals surface area contributed by atoms with Gasteiger partial charge in [0.05, 0.1) is 6.61 Å². The van der Waals surface area contributed by atoms with E-state index in [1.54, 1.807) is 7.11 Å². The molecule has 1 atom stereocenters. The Morgan fingerprint density at radius 2 is 2.11 bits per heavy atom. The van der Waals surface area contributed by atoms with Gasteiger partial charge in [-0.1, -0.05) is 13.8 Å². The summed E-state index contributed by atoms with van der Waals surface area (Å²) >= 11 is 0. The van der Waals surface area contributed by atoms with E-state index in [9.17, 15) is 0 Å². The highest BCUT2D eigenvalue weighted by molar-refractivity contribution is 4.75.